The van der Waals surface area contributed by atoms with E-state index in [1.807, 2.05) is 42.5 Å². The summed E-state index contributed by atoms with van der Waals surface area (Å²) in [6.07, 6.45) is 3.04. The van der Waals surface area contributed by atoms with Gasteiger partial charge in [0.2, 0.25) is 0 Å². The lowest BCUT2D eigenvalue weighted by atomic mass is 9.93. The standard InChI is InChI=1S/C21H14N2O2/c24-19-11-15(10-16-12-22-13-23-20(16)19)17-8-4-5-9-18(17)21(25)14-6-2-1-3-7-14/h1-13,24H. The average molecular weight is 326 g/mol. The van der Waals surface area contributed by atoms with Crippen molar-refractivity contribution in [3.8, 4) is 16.9 Å². The first-order valence-corrected chi connectivity index (χ1v) is 7.86. The van der Waals surface area contributed by atoms with E-state index in [9.17, 15) is 9.90 Å². The summed E-state index contributed by atoms with van der Waals surface area (Å²) in [7, 11) is 0. The fourth-order valence-electron chi connectivity index (χ4n) is 2.92. The topological polar surface area (TPSA) is 63.1 Å². The molecule has 0 spiro atoms. The number of hydrogen-bond donors (Lipinski definition) is 1. The predicted molar refractivity (Wildman–Crippen MR) is 96.5 cm³/mol. The molecule has 0 fully saturated rings. The van der Waals surface area contributed by atoms with Crippen LogP contribution < -0.4 is 0 Å². The number of benzene rings is 3. The molecule has 3 aromatic carbocycles. The minimum atomic E-state index is -0.0555. The van der Waals surface area contributed by atoms with Crippen LogP contribution in [-0.2, 0) is 0 Å². The van der Waals surface area contributed by atoms with Crippen LogP contribution in [0.2, 0.25) is 0 Å². The smallest absolute Gasteiger partial charge is 0.193 e. The van der Waals surface area contributed by atoms with Gasteiger partial charge in [-0.15, -0.1) is 0 Å². The number of carbonyl (C=O) groups is 1. The number of carbonyl (C=O) groups excluding carboxylic acids is 1. The number of aromatic nitrogens is 2. The van der Waals surface area contributed by atoms with Gasteiger partial charge < -0.3 is 5.11 Å². The Balaban J connectivity index is 1.89. The SMILES string of the molecule is O=C(c1ccccc1)c1ccccc1-c1cc(O)c2ncncc2c1. The van der Waals surface area contributed by atoms with Crippen molar-refractivity contribution in [2.75, 3.05) is 0 Å². The van der Waals surface area contributed by atoms with E-state index in [1.165, 1.54) is 6.33 Å². The third kappa shape index (κ3) is 2.74. The largest absolute Gasteiger partial charge is 0.506 e. The summed E-state index contributed by atoms with van der Waals surface area (Å²) in [6, 6.07) is 20.1. The van der Waals surface area contributed by atoms with Crippen LogP contribution in [0.3, 0.4) is 0 Å². The van der Waals surface area contributed by atoms with Crippen LogP contribution in [0.15, 0.2) is 79.3 Å². The lowest BCUT2D eigenvalue weighted by molar-refractivity contribution is 0.103. The summed E-state index contributed by atoms with van der Waals surface area (Å²) < 4.78 is 0. The molecule has 0 atom stereocenters. The number of ketones is 1. The minimum Gasteiger partial charge on any atom is -0.506 e. The molecule has 0 amide bonds. The number of fused-ring (bicyclic) bond motifs is 1. The zero-order valence-electron chi connectivity index (χ0n) is 13.3. The van der Waals surface area contributed by atoms with E-state index >= 15 is 0 Å². The van der Waals surface area contributed by atoms with E-state index in [0.717, 1.165) is 16.5 Å². The highest BCUT2D eigenvalue weighted by atomic mass is 16.3. The fourth-order valence-corrected chi connectivity index (χ4v) is 2.92. The van der Waals surface area contributed by atoms with Gasteiger partial charge in [0.25, 0.3) is 0 Å². The van der Waals surface area contributed by atoms with Crippen LogP contribution in [0, 0.1) is 0 Å². The van der Waals surface area contributed by atoms with Gasteiger partial charge in [-0.2, -0.15) is 0 Å². The zero-order valence-corrected chi connectivity index (χ0v) is 13.3. The Morgan fingerprint density at radius 2 is 1.68 bits per heavy atom. The van der Waals surface area contributed by atoms with Gasteiger partial charge in [-0.1, -0.05) is 54.6 Å². The number of nitrogens with zero attached hydrogens (tertiary/aromatic N) is 2. The predicted octanol–water partition coefficient (Wildman–Crippen LogP) is 4.23. The first kappa shape index (κ1) is 15.0. The molecule has 4 heteroatoms. The molecule has 0 saturated carbocycles. The molecule has 25 heavy (non-hydrogen) atoms. The summed E-state index contributed by atoms with van der Waals surface area (Å²) in [5, 5.41) is 11.0. The quantitative estimate of drug-likeness (QED) is 0.572. The average Bonchev–Trinajstić information content (AvgIpc) is 2.68. The molecule has 4 nitrogen and oxygen atoms in total. The Morgan fingerprint density at radius 1 is 0.920 bits per heavy atom. The van der Waals surface area contributed by atoms with Crippen LogP contribution in [0.25, 0.3) is 22.0 Å². The van der Waals surface area contributed by atoms with Gasteiger partial charge in [0.05, 0.1) is 0 Å². The third-order valence-electron chi connectivity index (χ3n) is 4.11. The molecular weight excluding hydrogens is 312 g/mol. The van der Waals surface area contributed by atoms with Crippen LogP contribution >= 0.6 is 0 Å². The summed E-state index contributed by atoms with van der Waals surface area (Å²) in [6.45, 7) is 0. The Morgan fingerprint density at radius 3 is 2.52 bits per heavy atom. The number of phenols is 1. The van der Waals surface area contributed by atoms with E-state index < -0.39 is 0 Å². The fraction of sp³-hybridized carbons (Fsp3) is 0. The number of phenolic OH excluding ortho intramolecular Hbond substituents is 1. The third-order valence-corrected chi connectivity index (χ3v) is 4.11. The molecule has 0 aliphatic heterocycles. The molecule has 120 valence electrons. The lowest BCUT2D eigenvalue weighted by Gasteiger charge is -2.11. The first-order chi connectivity index (χ1) is 12.2. The van der Waals surface area contributed by atoms with E-state index in [0.29, 0.717) is 16.6 Å². The van der Waals surface area contributed by atoms with Gasteiger partial charge in [0.1, 0.15) is 17.6 Å². The van der Waals surface area contributed by atoms with Crippen molar-refractivity contribution >= 4 is 16.7 Å². The summed E-state index contributed by atoms with van der Waals surface area (Å²) in [5.41, 5.74) is 3.22. The van der Waals surface area contributed by atoms with Crippen molar-refractivity contribution < 1.29 is 9.90 Å². The Bertz CT molecular complexity index is 1080. The first-order valence-electron chi connectivity index (χ1n) is 7.86. The number of rotatable bonds is 3. The van der Waals surface area contributed by atoms with Crippen LogP contribution in [-0.4, -0.2) is 20.9 Å². The van der Waals surface area contributed by atoms with E-state index in [4.69, 9.17) is 0 Å². The van der Waals surface area contributed by atoms with Gasteiger partial charge in [-0.05, 0) is 23.3 Å². The van der Waals surface area contributed by atoms with Gasteiger partial charge in [-0.25, -0.2) is 9.97 Å². The Labute approximate surface area is 144 Å². The van der Waals surface area contributed by atoms with Crippen molar-refractivity contribution in [1.82, 2.24) is 9.97 Å². The molecule has 0 radical (unpaired) electrons. The molecule has 4 aromatic rings. The molecule has 1 aromatic heterocycles. The normalized spacial score (nSPS) is 10.7. The maximum absolute atomic E-state index is 12.9. The lowest BCUT2D eigenvalue weighted by Crippen LogP contribution is -2.03. The number of hydrogen-bond acceptors (Lipinski definition) is 4. The summed E-state index contributed by atoms with van der Waals surface area (Å²) in [4.78, 5) is 21.0. The maximum Gasteiger partial charge on any atom is 0.193 e. The van der Waals surface area contributed by atoms with Crippen LogP contribution in [0.5, 0.6) is 5.75 Å². The zero-order chi connectivity index (χ0) is 17.2. The van der Waals surface area contributed by atoms with Crippen LogP contribution in [0.4, 0.5) is 0 Å². The number of aromatic hydroxyl groups is 1. The van der Waals surface area contributed by atoms with E-state index in [2.05, 4.69) is 9.97 Å². The Kier molecular flexibility index (Phi) is 3.71. The molecule has 1 N–H and O–H groups in total. The van der Waals surface area contributed by atoms with E-state index in [1.54, 1.807) is 30.5 Å². The highest BCUT2D eigenvalue weighted by Gasteiger charge is 2.15. The van der Waals surface area contributed by atoms with Crippen molar-refractivity contribution in [3.05, 3.63) is 90.4 Å². The molecule has 0 bridgehead atoms. The second-order valence-electron chi connectivity index (χ2n) is 5.70. The molecule has 0 aliphatic rings. The molecule has 0 unspecified atom stereocenters. The highest BCUT2D eigenvalue weighted by molar-refractivity contribution is 6.13. The molecule has 4 rings (SSSR count). The summed E-state index contributed by atoms with van der Waals surface area (Å²) >= 11 is 0. The second kappa shape index (κ2) is 6.17. The Hall–Kier alpha value is -3.53. The van der Waals surface area contributed by atoms with Gasteiger partial charge >= 0.3 is 0 Å². The molecule has 0 aliphatic carbocycles. The van der Waals surface area contributed by atoms with Gasteiger partial charge in [0, 0.05) is 22.7 Å². The molecule has 0 saturated heterocycles. The van der Waals surface area contributed by atoms with Gasteiger partial charge in [-0.3, -0.25) is 4.79 Å². The molecule has 1 heterocycles. The van der Waals surface area contributed by atoms with Gasteiger partial charge in [0.15, 0.2) is 5.78 Å². The van der Waals surface area contributed by atoms with E-state index in [-0.39, 0.29) is 11.5 Å². The molecular formula is C21H14N2O2. The van der Waals surface area contributed by atoms with Crippen molar-refractivity contribution in [2.45, 2.75) is 0 Å². The van der Waals surface area contributed by atoms with Crippen molar-refractivity contribution in [2.24, 2.45) is 0 Å². The van der Waals surface area contributed by atoms with Crippen molar-refractivity contribution in [1.29, 1.82) is 0 Å². The maximum atomic E-state index is 12.9. The van der Waals surface area contributed by atoms with Crippen molar-refractivity contribution in [3.63, 3.8) is 0 Å². The summed E-state index contributed by atoms with van der Waals surface area (Å²) in [5.74, 6) is 0.0111. The highest BCUT2D eigenvalue weighted by Crippen LogP contribution is 2.32. The second-order valence-corrected chi connectivity index (χ2v) is 5.70. The van der Waals surface area contributed by atoms with Crippen LogP contribution in [0.1, 0.15) is 15.9 Å². The minimum absolute atomic E-state index is 0.0555. The monoisotopic (exact) mass is 326 g/mol.